The number of rotatable bonds is 7. The van der Waals surface area contributed by atoms with Crippen molar-refractivity contribution < 1.29 is 28.2 Å². The van der Waals surface area contributed by atoms with E-state index in [-0.39, 0.29) is 6.42 Å². The standard InChI is InChI=1S/C14H16O6S/c1-14(13(17)18,11(21(19)20)9-12(15)16)8-7-10-5-3-2-4-6-10/h2-6H,7-9H2,1H3,(H,15,16)(H,17,18). The lowest BCUT2D eigenvalue weighted by Crippen LogP contribution is -2.38. The highest BCUT2D eigenvalue weighted by Crippen LogP contribution is 2.27. The van der Waals surface area contributed by atoms with E-state index in [2.05, 4.69) is 0 Å². The van der Waals surface area contributed by atoms with Gasteiger partial charge in [-0.15, -0.1) is 0 Å². The Bertz CT molecular complexity index is 654. The smallest absolute Gasteiger partial charge is 0.314 e. The fraction of sp³-hybridized carbons (Fsp3) is 0.357. The molecule has 0 aliphatic carbocycles. The third kappa shape index (κ3) is 4.42. The first-order valence-corrected chi connectivity index (χ1v) is 7.29. The van der Waals surface area contributed by atoms with E-state index in [1.165, 1.54) is 6.92 Å². The van der Waals surface area contributed by atoms with Gasteiger partial charge < -0.3 is 10.2 Å². The Morgan fingerprint density at radius 3 is 2.14 bits per heavy atom. The molecule has 2 N–H and O–H groups in total. The largest absolute Gasteiger partial charge is 0.481 e. The van der Waals surface area contributed by atoms with Gasteiger partial charge in [0.05, 0.1) is 11.3 Å². The van der Waals surface area contributed by atoms with Gasteiger partial charge in [0.2, 0.25) is 10.3 Å². The van der Waals surface area contributed by atoms with Gasteiger partial charge in [0.1, 0.15) is 5.41 Å². The number of hydrogen-bond donors (Lipinski definition) is 2. The minimum atomic E-state index is -2.87. The van der Waals surface area contributed by atoms with Crippen LogP contribution < -0.4 is 0 Å². The van der Waals surface area contributed by atoms with Gasteiger partial charge in [-0.05, 0) is 25.3 Å². The van der Waals surface area contributed by atoms with Crippen molar-refractivity contribution >= 4 is 27.1 Å². The Balaban J connectivity index is 3.10. The third-order valence-corrected chi connectivity index (χ3v) is 4.35. The van der Waals surface area contributed by atoms with Crippen LogP contribution in [0.5, 0.6) is 0 Å². The van der Waals surface area contributed by atoms with Crippen LogP contribution >= 0.6 is 0 Å². The summed E-state index contributed by atoms with van der Waals surface area (Å²) in [5, 5.41) is 18.1. The summed E-state index contributed by atoms with van der Waals surface area (Å²) in [5.74, 6) is -2.72. The zero-order valence-corrected chi connectivity index (χ0v) is 12.3. The molecule has 114 valence electrons. The van der Waals surface area contributed by atoms with Gasteiger partial charge in [0.25, 0.3) is 0 Å². The summed E-state index contributed by atoms with van der Waals surface area (Å²) in [4.78, 5) is 21.7. The molecule has 1 atom stereocenters. The molecule has 0 aliphatic rings. The molecular formula is C14H16O6S. The van der Waals surface area contributed by atoms with Crippen LogP contribution in [0, 0.1) is 5.41 Å². The van der Waals surface area contributed by atoms with Crippen molar-refractivity contribution in [3.05, 3.63) is 35.9 Å². The molecule has 1 aromatic rings. The van der Waals surface area contributed by atoms with E-state index in [0.717, 1.165) is 5.56 Å². The number of carboxylic acids is 2. The maximum atomic E-state index is 11.5. The minimum Gasteiger partial charge on any atom is -0.481 e. The third-order valence-electron chi connectivity index (χ3n) is 3.36. The number of carbonyl (C=O) groups is 2. The molecule has 0 saturated heterocycles. The zero-order chi connectivity index (χ0) is 16.0. The second kappa shape index (κ2) is 7.03. The van der Waals surface area contributed by atoms with E-state index < -0.39 is 38.9 Å². The maximum absolute atomic E-state index is 11.5. The molecule has 0 aromatic heterocycles. The number of carboxylic acid groups (broad SMARTS) is 2. The Labute approximate surface area is 123 Å². The zero-order valence-electron chi connectivity index (χ0n) is 11.4. The average Bonchev–Trinajstić information content (AvgIpc) is 2.42. The van der Waals surface area contributed by atoms with Gasteiger partial charge in [-0.2, -0.15) is 8.42 Å². The van der Waals surface area contributed by atoms with E-state index in [9.17, 15) is 23.1 Å². The second-order valence-corrected chi connectivity index (χ2v) is 5.81. The van der Waals surface area contributed by atoms with Crippen molar-refractivity contribution in [2.75, 3.05) is 0 Å². The topological polar surface area (TPSA) is 109 Å². The molecule has 0 spiro atoms. The van der Waals surface area contributed by atoms with Crippen molar-refractivity contribution in [1.29, 1.82) is 0 Å². The van der Waals surface area contributed by atoms with Crippen LogP contribution in [-0.4, -0.2) is 35.4 Å². The summed E-state index contributed by atoms with van der Waals surface area (Å²) in [6.07, 6.45) is -0.472. The summed E-state index contributed by atoms with van der Waals surface area (Å²) in [6.45, 7) is 1.24. The molecule has 1 rings (SSSR count). The summed E-state index contributed by atoms with van der Waals surface area (Å²) in [6, 6.07) is 9.00. The SMILES string of the molecule is CC(CCc1ccccc1)(C(=O)O)C(CC(=O)O)=S(=O)=O. The molecule has 0 bridgehead atoms. The molecule has 0 saturated carbocycles. The van der Waals surface area contributed by atoms with E-state index >= 15 is 0 Å². The van der Waals surface area contributed by atoms with Crippen molar-refractivity contribution in [3.8, 4) is 0 Å². The van der Waals surface area contributed by atoms with Crippen LogP contribution in [0.3, 0.4) is 0 Å². The molecule has 0 amide bonds. The van der Waals surface area contributed by atoms with Crippen LogP contribution in [0.1, 0.15) is 25.3 Å². The average molecular weight is 312 g/mol. The fourth-order valence-corrected chi connectivity index (χ4v) is 2.78. The number of aliphatic carboxylic acids is 2. The summed E-state index contributed by atoms with van der Waals surface area (Å²) >= 11 is 0. The molecular weight excluding hydrogens is 296 g/mol. The predicted octanol–water partition coefficient (Wildman–Crippen LogP) is 1.24. The van der Waals surface area contributed by atoms with Gasteiger partial charge in [-0.1, -0.05) is 30.3 Å². The van der Waals surface area contributed by atoms with Gasteiger partial charge in [0.15, 0.2) is 0 Å². The first-order chi connectivity index (χ1) is 9.77. The molecule has 0 radical (unpaired) electrons. The molecule has 6 nitrogen and oxygen atoms in total. The Kier molecular flexibility index (Phi) is 5.66. The van der Waals surface area contributed by atoms with Crippen LogP contribution in [0.2, 0.25) is 0 Å². The highest BCUT2D eigenvalue weighted by Gasteiger charge is 2.40. The number of hydrogen-bond acceptors (Lipinski definition) is 4. The summed E-state index contributed by atoms with van der Waals surface area (Å²) in [5.41, 5.74) is -0.878. The Morgan fingerprint density at radius 2 is 1.71 bits per heavy atom. The second-order valence-electron chi connectivity index (χ2n) is 4.85. The summed E-state index contributed by atoms with van der Waals surface area (Å²) < 4.78 is 22.5. The lowest BCUT2D eigenvalue weighted by Gasteiger charge is -2.24. The normalized spacial score (nSPS) is 13.2. The quantitative estimate of drug-likeness (QED) is 0.733. The molecule has 1 unspecified atom stereocenters. The Morgan fingerprint density at radius 1 is 1.14 bits per heavy atom. The molecule has 21 heavy (non-hydrogen) atoms. The molecule has 0 aliphatic heterocycles. The molecule has 0 fully saturated rings. The lowest BCUT2D eigenvalue weighted by atomic mass is 9.80. The highest BCUT2D eigenvalue weighted by molar-refractivity contribution is 7.73. The maximum Gasteiger partial charge on any atom is 0.314 e. The van der Waals surface area contributed by atoms with Gasteiger partial charge in [-0.3, -0.25) is 9.59 Å². The summed E-state index contributed by atoms with van der Waals surface area (Å²) in [7, 11) is -2.87. The van der Waals surface area contributed by atoms with Gasteiger partial charge in [0, 0.05) is 0 Å². The lowest BCUT2D eigenvalue weighted by molar-refractivity contribution is -0.144. The van der Waals surface area contributed by atoms with E-state index in [1.807, 2.05) is 6.07 Å². The highest BCUT2D eigenvalue weighted by atomic mass is 32.2. The van der Waals surface area contributed by atoms with Crippen LogP contribution in [0.4, 0.5) is 0 Å². The van der Waals surface area contributed by atoms with Gasteiger partial charge in [-0.25, -0.2) is 0 Å². The fourth-order valence-electron chi connectivity index (χ4n) is 1.98. The van der Waals surface area contributed by atoms with Crippen molar-refractivity contribution in [3.63, 3.8) is 0 Å². The van der Waals surface area contributed by atoms with Crippen LogP contribution in [0.15, 0.2) is 30.3 Å². The predicted molar refractivity (Wildman–Crippen MR) is 76.7 cm³/mol. The first kappa shape index (κ1) is 16.9. The van der Waals surface area contributed by atoms with E-state index in [4.69, 9.17) is 5.11 Å². The Hall–Kier alpha value is -2.15. The molecule has 1 aromatic carbocycles. The van der Waals surface area contributed by atoms with Crippen molar-refractivity contribution in [1.82, 2.24) is 0 Å². The van der Waals surface area contributed by atoms with Crippen molar-refractivity contribution in [2.45, 2.75) is 26.2 Å². The first-order valence-electron chi connectivity index (χ1n) is 6.22. The molecule has 7 heteroatoms. The van der Waals surface area contributed by atoms with E-state index in [0.29, 0.717) is 6.42 Å². The monoisotopic (exact) mass is 312 g/mol. The van der Waals surface area contributed by atoms with E-state index in [1.54, 1.807) is 24.3 Å². The molecule has 0 heterocycles. The van der Waals surface area contributed by atoms with Crippen LogP contribution in [0.25, 0.3) is 0 Å². The van der Waals surface area contributed by atoms with Crippen molar-refractivity contribution in [2.24, 2.45) is 5.41 Å². The van der Waals surface area contributed by atoms with Crippen LogP contribution in [-0.2, 0) is 26.3 Å². The number of benzene rings is 1. The van der Waals surface area contributed by atoms with Gasteiger partial charge >= 0.3 is 11.9 Å². The minimum absolute atomic E-state index is 0.00292. The number of aryl methyl sites for hydroxylation is 1.